The van der Waals surface area contributed by atoms with Crippen molar-refractivity contribution in [3.05, 3.63) is 0 Å². The summed E-state index contributed by atoms with van der Waals surface area (Å²) in [6.45, 7) is 7.12. The molecule has 100 valence electrons. The molecule has 0 spiro atoms. The molecule has 0 heterocycles. The third kappa shape index (κ3) is 8.68. The van der Waals surface area contributed by atoms with Crippen LogP contribution in [-0.2, 0) is 19.1 Å². The molecule has 0 aromatic rings. The number of hydrogen-bond acceptors (Lipinski definition) is 5. The minimum atomic E-state index is -0.917. The minimum absolute atomic E-state index is 0.128. The predicted octanol–water partition coefficient (Wildman–Crippen LogP) is 1.39. The molecule has 0 rings (SSSR count). The smallest absolute Gasteiger partial charge is 0.326 e. The lowest BCUT2D eigenvalue weighted by atomic mass is 10.2. The van der Waals surface area contributed by atoms with E-state index >= 15 is 0 Å². The molecule has 0 aliphatic rings. The monoisotopic (exact) mass is 245 g/mol. The Morgan fingerprint density at radius 2 is 1.88 bits per heavy atom. The van der Waals surface area contributed by atoms with Gasteiger partial charge in [-0.1, -0.05) is 13.3 Å². The van der Waals surface area contributed by atoms with Crippen LogP contribution in [0.4, 0.5) is 0 Å². The first-order valence-electron chi connectivity index (χ1n) is 5.90. The maximum atomic E-state index is 11.4. The van der Waals surface area contributed by atoms with Crippen LogP contribution in [0.5, 0.6) is 0 Å². The quantitative estimate of drug-likeness (QED) is 0.715. The Bertz CT molecular complexity index is 258. The van der Waals surface area contributed by atoms with Crippen LogP contribution in [-0.4, -0.2) is 30.2 Å². The van der Waals surface area contributed by atoms with Crippen LogP contribution in [0.15, 0.2) is 0 Å². The fraction of sp³-hybridized carbons (Fsp3) is 0.833. The maximum Gasteiger partial charge on any atom is 0.326 e. The van der Waals surface area contributed by atoms with Gasteiger partial charge in [0.25, 0.3) is 0 Å². The molecule has 0 saturated heterocycles. The normalized spacial score (nSPS) is 13.0. The minimum Gasteiger partial charge on any atom is -0.463 e. The van der Waals surface area contributed by atoms with E-state index in [-0.39, 0.29) is 12.6 Å². The van der Waals surface area contributed by atoms with Crippen LogP contribution in [0.25, 0.3) is 0 Å². The number of unbranched alkanes of at least 4 members (excludes halogenated alkanes) is 1. The summed E-state index contributed by atoms with van der Waals surface area (Å²) in [7, 11) is 0. The molecule has 1 atom stereocenters. The first-order chi connectivity index (χ1) is 7.76. The Balaban J connectivity index is 3.89. The molecular weight excluding hydrogens is 222 g/mol. The summed E-state index contributed by atoms with van der Waals surface area (Å²) in [5.41, 5.74) is 4.97. The first-order valence-corrected chi connectivity index (χ1v) is 5.90. The summed E-state index contributed by atoms with van der Waals surface area (Å²) in [5.74, 6) is -0.883. The number of ether oxygens (including phenoxy) is 2. The third-order valence-corrected chi connectivity index (χ3v) is 1.87. The molecule has 0 bridgehead atoms. The summed E-state index contributed by atoms with van der Waals surface area (Å²) in [5, 5.41) is 0. The molecule has 0 aromatic heterocycles. The van der Waals surface area contributed by atoms with Gasteiger partial charge in [0, 0.05) is 6.42 Å². The number of hydrogen-bond donors (Lipinski definition) is 1. The van der Waals surface area contributed by atoms with E-state index in [4.69, 9.17) is 15.2 Å². The highest BCUT2D eigenvalue weighted by Gasteiger charge is 2.23. The standard InChI is InChI=1S/C12H23NO4/c1-5-6-7-10(14)16-8-9(13)11(15)17-12(2,3)4/h9H,5-8,13H2,1-4H3. The number of esters is 2. The maximum absolute atomic E-state index is 11.4. The summed E-state index contributed by atoms with van der Waals surface area (Å²) in [6, 6.07) is -0.917. The molecule has 5 nitrogen and oxygen atoms in total. The molecule has 5 heteroatoms. The van der Waals surface area contributed by atoms with Gasteiger partial charge < -0.3 is 15.2 Å². The van der Waals surface area contributed by atoms with Gasteiger partial charge in [0.15, 0.2) is 0 Å². The van der Waals surface area contributed by atoms with Gasteiger partial charge in [0.2, 0.25) is 0 Å². The van der Waals surface area contributed by atoms with Crippen LogP contribution in [0, 0.1) is 0 Å². The van der Waals surface area contributed by atoms with Crippen molar-refractivity contribution in [1.82, 2.24) is 0 Å². The topological polar surface area (TPSA) is 78.6 Å². The van der Waals surface area contributed by atoms with E-state index in [0.29, 0.717) is 6.42 Å². The van der Waals surface area contributed by atoms with E-state index in [1.165, 1.54) is 0 Å². The largest absolute Gasteiger partial charge is 0.463 e. The van der Waals surface area contributed by atoms with Crippen molar-refractivity contribution in [1.29, 1.82) is 0 Å². The average molecular weight is 245 g/mol. The molecule has 2 N–H and O–H groups in total. The van der Waals surface area contributed by atoms with Crippen molar-refractivity contribution < 1.29 is 19.1 Å². The highest BCUT2D eigenvalue weighted by molar-refractivity contribution is 5.77. The molecule has 0 amide bonds. The number of rotatable bonds is 6. The van der Waals surface area contributed by atoms with Gasteiger partial charge in [-0.2, -0.15) is 0 Å². The molecule has 17 heavy (non-hydrogen) atoms. The molecule has 0 radical (unpaired) electrons. The highest BCUT2D eigenvalue weighted by atomic mass is 16.6. The second-order valence-electron chi connectivity index (χ2n) is 4.93. The Kier molecular flexibility index (Phi) is 6.80. The molecule has 0 fully saturated rings. The zero-order chi connectivity index (χ0) is 13.5. The molecule has 0 aliphatic heterocycles. The summed E-state index contributed by atoms with van der Waals surface area (Å²) in [6.07, 6.45) is 2.06. The third-order valence-electron chi connectivity index (χ3n) is 1.87. The van der Waals surface area contributed by atoms with E-state index in [1.54, 1.807) is 20.8 Å². The van der Waals surface area contributed by atoms with Crippen molar-refractivity contribution in [2.24, 2.45) is 5.73 Å². The second kappa shape index (κ2) is 7.27. The van der Waals surface area contributed by atoms with Gasteiger partial charge in [0.1, 0.15) is 18.2 Å². The molecule has 0 aliphatic carbocycles. The summed E-state index contributed by atoms with van der Waals surface area (Å²) < 4.78 is 9.93. The van der Waals surface area contributed by atoms with Gasteiger partial charge in [-0.25, -0.2) is 0 Å². The van der Waals surface area contributed by atoms with Crippen molar-refractivity contribution in [2.45, 2.75) is 58.6 Å². The van der Waals surface area contributed by atoms with Gasteiger partial charge >= 0.3 is 11.9 Å². The van der Waals surface area contributed by atoms with Crippen LogP contribution < -0.4 is 5.73 Å². The molecule has 0 saturated carbocycles. The summed E-state index contributed by atoms with van der Waals surface area (Å²) >= 11 is 0. The molecular formula is C12H23NO4. The Morgan fingerprint density at radius 3 is 2.35 bits per heavy atom. The summed E-state index contributed by atoms with van der Waals surface area (Å²) in [4.78, 5) is 22.6. The van der Waals surface area contributed by atoms with Crippen molar-refractivity contribution in [2.75, 3.05) is 6.61 Å². The Morgan fingerprint density at radius 1 is 1.29 bits per heavy atom. The van der Waals surface area contributed by atoms with Gasteiger partial charge in [-0.15, -0.1) is 0 Å². The molecule has 0 aromatic carbocycles. The Hall–Kier alpha value is -1.10. The Labute approximate surface area is 103 Å². The van der Waals surface area contributed by atoms with E-state index in [0.717, 1.165) is 12.8 Å². The van der Waals surface area contributed by atoms with Crippen molar-refractivity contribution in [3.8, 4) is 0 Å². The second-order valence-corrected chi connectivity index (χ2v) is 4.93. The van der Waals surface area contributed by atoms with E-state index in [9.17, 15) is 9.59 Å². The van der Waals surface area contributed by atoms with Crippen LogP contribution in [0.3, 0.4) is 0 Å². The van der Waals surface area contributed by atoms with Crippen LogP contribution in [0.1, 0.15) is 47.0 Å². The lowest BCUT2D eigenvalue weighted by Crippen LogP contribution is -2.41. The van der Waals surface area contributed by atoms with Gasteiger partial charge in [-0.05, 0) is 27.2 Å². The van der Waals surface area contributed by atoms with E-state index < -0.39 is 17.6 Å². The first kappa shape index (κ1) is 15.9. The van der Waals surface area contributed by atoms with Crippen molar-refractivity contribution >= 4 is 11.9 Å². The van der Waals surface area contributed by atoms with Gasteiger partial charge in [0.05, 0.1) is 0 Å². The predicted molar refractivity (Wildman–Crippen MR) is 64.3 cm³/mol. The zero-order valence-electron chi connectivity index (χ0n) is 11.1. The average Bonchev–Trinajstić information content (AvgIpc) is 2.20. The lowest BCUT2D eigenvalue weighted by Gasteiger charge is -2.22. The lowest BCUT2D eigenvalue weighted by molar-refractivity contribution is -0.159. The van der Waals surface area contributed by atoms with Crippen molar-refractivity contribution in [3.63, 3.8) is 0 Å². The van der Waals surface area contributed by atoms with Crippen LogP contribution >= 0.6 is 0 Å². The van der Waals surface area contributed by atoms with Crippen LogP contribution in [0.2, 0.25) is 0 Å². The zero-order valence-corrected chi connectivity index (χ0v) is 11.1. The highest BCUT2D eigenvalue weighted by Crippen LogP contribution is 2.08. The van der Waals surface area contributed by atoms with E-state index in [2.05, 4.69) is 0 Å². The fourth-order valence-electron chi connectivity index (χ4n) is 1.02. The van der Waals surface area contributed by atoms with Gasteiger partial charge in [-0.3, -0.25) is 9.59 Å². The SMILES string of the molecule is CCCCC(=O)OCC(N)C(=O)OC(C)(C)C. The number of nitrogens with two attached hydrogens (primary N) is 1. The molecule has 1 unspecified atom stereocenters. The number of carbonyl (C=O) groups excluding carboxylic acids is 2. The number of carbonyl (C=O) groups is 2. The fourth-order valence-corrected chi connectivity index (χ4v) is 1.02. The van der Waals surface area contributed by atoms with E-state index in [1.807, 2.05) is 6.92 Å².